The number of aromatic nitrogens is 2. The van der Waals surface area contributed by atoms with Crippen LogP contribution < -0.4 is 5.32 Å². The largest absolute Gasteiger partial charge is 0.390 e. The molecular formula is C8H10N3O2. The lowest BCUT2D eigenvalue weighted by Gasteiger charge is -2.10. The molecule has 0 saturated carbocycles. The van der Waals surface area contributed by atoms with Gasteiger partial charge < -0.3 is 15.2 Å². The SMILES string of the molecule is OC1[CH]OC(Nc2ccncn2)C1. The van der Waals surface area contributed by atoms with Crippen LogP contribution in [-0.2, 0) is 4.74 Å². The molecule has 5 nitrogen and oxygen atoms in total. The topological polar surface area (TPSA) is 67.3 Å². The lowest BCUT2D eigenvalue weighted by molar-refractivity contribution is 0.160. The summed E-state index contributed by atoms with van der Waals surface area (Å²) in [7, 11) is 0. The van der Waals surface area contributed by atoms with E-state index >= 15 is 0 Å². The molecule has 0 aromatic carbocycles. The van der Waals surface area contributed by atoms with E-state index in [9.17, 15) is 0 Å². The number of nitrogens with one attached hydrogen (secondary N) is 1. The summed E-state index contributed by atoms with van der Waals surface area (Å²) in [5.74, 6) is 0.697. The van der Waals surface area contributed by atoms with Gasteiger partial charge in [-0.2, -0.15) is 0 Å². The fourth-order valence-corrected chi connectivity index (χ4v) is 1.15. The molecule has 1 aliphatic rings. The van der Waals surface area contributed by atoms with Gasteiger partial charge in [0.2, 0.25) is 0 Å². The second-order valence-corrected chi connectivity index (χ2v) is 2.80. The van der Waals surface area contributed by atoms with Crippen molar-refractivity contribution in [1.82, 2.24) is 9.97 Å². The van der Waals surface area contributed by atoms with Crippen LogP contribution >= 0.6 is 0 Å². The molecule has 0 aliphatic carbocycles. The van der Waals surface area contributed by atoms with Gasteiger partial charge in [0.05, 0.1) is 6.10 Å². The van der Waals surface area contributed by atoms with Gasteiger partial charge in [0.25, 0.3) is 0 Å². The van der Waals surface area contributed by atoms with E-state index in [4.69, 9.17) is 9.84 Å². The van der Waals surface area contributed by atoms with Crippen molar-refractivity contribution >= 4 is 5.82 Å². The molecule has 1 radical (unpaired) electrons. The van der Waals surface area contributed by atoms with Crippen molar-refractivity contribution in [2.75, 3.05) is 5.32 Å². The summed E-state index contributed by atoms with van der Waals surface area (Å²) in [6.45, 7) is 1.42. The van der Waals surface area contributed by atoms with Crippen molar-refractivity contribution in [3.05, 3.63) is 25.2 Å². The van der Waals surface area contributed by atoms with Crippen LogP contribution in [0.4, 0.5) is 5.82 Å². The van der Waals surface area contributed by atoms with Gasteiger partial charge in [-0.3, -0.25) is 0 Å². The number of aliphatic hydroxyl groups excluding tert-OH is 1. The Kier molecular flexibility index (Phi) is 2.37. The van der Waals surface area contributed by atoms with Gasteiger partial charge >= 0.3 is 0 Å². The Morgan fingerprint density at radius 1 is 1.62 bits per heavy atom. The number of anilines is 1. The van der Waals surface area contributed by atoms with Gasteiger partial charge in [0, 0.05) is 12.6 Å². The highest BCUT2D eigenvalue weighted by atomic mass is 16.5. The Morgan fingerprint density at radius 2 is 2.54 bits per heavy atom. The zero-order valence-corrected chi connectivity index (χ0v) is 6.92. The van der Waals surface area contributed by atoms with Crippen LogP contribution in [0.1, 0.15) is 6.42 Å². The molecule has 0 amide bonds. The van der Waals surface area contributed by atoms with E-state index < -0.39 is 6.10 Å². The molecule has 1 saturated heterocycles. The maximum Gasteiger partial charge on any atom is 0.132 e. The molecule has 1 fully saturated rings. The van der Waals surface area contributed by atoms with Gasteiger partial charge in [-0.25, -0.2) is 9.97 Å². The second-order valence-electron chi connectivity index (χ2n) is 2.80. The first-order valence-electron chi connectivity index (χ1n) is 4.04. The molecule has 1 aliphatic heterocycles. The lowest BCUT2D eigenvalue weighted by atomic mass is 10.3. The Bertz CT molecular complexity index is 267. The minimum atomic E-state index is -0.487. The van der Waals surface area contributed by atoms with Crippen molar-refractivity contribution in [2.45, 2.75) is 18.8 Å². The highest BCUT2D eigenvalue weighted by Crippen LogP contribution is 2.17. The van der Waals surface area contributed by atoms with Crippen molar-refractivity contribution < 1.29 is 9.84 Å². The van der Waals surface area contributed by atoms with E-state index in [1.165, 1.54) is 12.9 Å². The molecule has 0 spiro atoms. The first kappa shape index (κ1) is 8.40. The quantitative estimate of drug-likeness (QED) is 0.678. The van der Waals surface area contributed by atoms with Crippen LogP contribution in [0.25, 0.3) is 0 Å². The molecule has 13 heavy (non-hydrogen) atoms. The van der Waals surface area contributed by atoms with Crippen molar-refractivity contribution in [2.24, 2.45) is 0 Å². The first-order chi connectivity index (χ1) is 6.34. The van der Waals surface area contributed by atoms with Crippen molar-refractivity contribution in [3.63, 3.8) is 0 Å². The predicted molar refractivity (Wildman–Crippen MR) is 45.5 cm³/mol. The van der Waals surface area contributed by atoms with E-state index in [0.717, 1.165) is 0 Å². The minimum Gasteiger partial charge on any atom is -0.390 e. The van der Waals surface area contributed by atoms with Crippen LogP contribution in [0.15, 0.2) is 18.6 Å². The van der Waals surface area contributed by atoms with Crippen LogP contribution in [-0.4, -0.2) is 27.4 Å². The number of hydrogen-bond acceptors (Lipinski definition) is 5. The number of nitrogens with zero attached hydrogens (tertiary/aromatic N) is 2. The highest BCUT2D eigenvalue weighted by Gasteiger charge is 2.23. The summed E-state index contributed by atoms with van der Waals surface area (Å²) in [4.78, 5) is 7.76. The minimum absolute atomic E-state index is 0.190. The molecule has 1 aromatic heterocycles. The molecule has 2 unspecified atom stereocenters. The number of ether oxygens (including phenoxy) is 1. The van der Waals surface area contributed by atoms with Crippen molar-refractivity contribution in [1.29, 1.82) is 0 Å². The number of aliphatic hydroxyl groups is 1. The standard InChI is InChI=1S/C8H10N3O2/c12-6-3-8(13-4-6)11-7-1-2-9-5-10-7/h1-2,4-6,8,12H,3H2,(H,9,10,11). The number of hydrogen-bond donors (Lipinski definition) is 2. The lowest BCUT2D eigenvalue weighted by Crippen LogP contribution is -2.18. The smallest absolute Gasteiger partial charge is 0.132 e. The maximum atomic E-state index is 9.12. The fourth-order valence-electron chi connectivity index (χ4n) is 1.15. The van der Waals surface area contributed by atoms with Gasteiger partial charge in [0.15, 0.2) is 0 Å². The van der Waals surface area contributed by atoms with E-state index in [1.54, 1.807) is 12.3 Å². The third kappa shape index (κ3) is 2.13. The summed E-state index contributed by atoms with van der Waals surface area (Å²) in [5.41, 5.74) is 0. The van der Waals surface area contributed by atoms with Gasteiger partial charge in [0.1, 0.15) is 25.0 Å². The van der Waals surface area contributed by atoms with Gasteiger partial charge in [-0.15, -0.1) is 0 Å². The average molecular weight is 180 g/mol. The first-order valence-corrected chi connectivity index (χ1v) is 4.04. The van der Waals surface area contributed by atoms with E-state index in [-0.39, 0.29) is 6.23 Å². The third-order valence-electron chi connectivity index (χ3n) is 1.75. The Hall–Kier alpha value is -1.20. The highest BCUT2D eigenvalue weighted by molar-refractivity contribution is 5.32. The Labute approximate surface area is 75.8 Å². The van der Waals surface area contributed by atoms with Crippen molar-refractivity contribution in [3.8, 4) is 0 Å². The van der Waals surface area contributed by atoms with Crippen LogP contribution in [0.5, 0.6) is 0 Å². The van der Waals surface area contributed by atoms with Crippen LogP contribution in [0.3, 0.4) is 0 Å². The third-order valence-corrected chi connectivity index (χ3v) is 1.75. The molecule has 2 heterocycles. The summed E-state index contributed by atoms with van der Waals surface area (Å²) >= 11 is 0. The van der Waals surface area contributed by atoms with Crippen LogP contribution in [0.2, 0.25) is 0 Å². The zero-order chi connectivity index (χ0) is 9.10. The molecule has 2 rings (SSSR count). The van der Waals surface area contributed by atoms with Crippen LogP contribution in [0, 0.1) is 6.61 Å². The Balaban J connectivity index is 1.92. The molecule has 0 bridgehead atoms. The van der Waals surface area contributed by atoms with E-state index in [1.807, 2.05) is 0 Å². The molecular weight excluding hydrogens is 170 g/mol. The van der Waals surface area contributed by atoms with E-state index in [2.05, 4.69) is 15.3 Å². The monoisotopic (exact) mass is 180 g/mol. The summed E-state index contributed by atoms with van der Waals surface area (Å²) in [5, 5.41) is 12.1. The molecule has 1 aromatic rings. The molecule has 2 N–H and O–H groups in total. The fraction of sp³-hybridized carbons (Fsp3) is 0.375. The summed E-state index contributed by atoms with van der Waals surface area (Å²) in [6.07, 6.45) is 2.97. The summed E-state index contributed by atoms with van der Waals surface area (Å²) in [6, 6.07) is 1.74. The number of rotatable bonds is 2. The molecule has 69 valence electrons. The van der Waals surface area contributed by atoms with Gasteiger partial charge in [-0.1, -0.05) is 0 Å². The predicted octanol–water partition coefficient (Wildman–Crippen LogP) is 0.158. The second kappa shape index (κ2) is 3.68. The summed E-state index contributed by atoms with van der Waals surface area (Å²) < 4.78 is 5.12. The average Bonchev–Trinajstić information content (AvgIpc) is 2.53. The maximum absolute atomic E-state index is 9.12. The zero-order valence-electron chi connectivity index (χ0n) is 6.92. The normalized spacial score (nSPS) is 27.5. The van der Waals surface area contributed by atoms with E-state index in [0.29, 0.717) is 12.2 Å². The molecule has 5 heteroatoms. The Morgan fingerprint density at radius 3 is 3.15 bits per heavy atom. The van der Waals surface area contributed by atoms with Gasteiger partial charge in [-0.05, 0) is 6.07 Å². The molecule has 2 atom stereocenters.